The van der Waals surface area contributed by atoms with Crippen LogP contribution in [0.5, 0.6) is 5.75 Å². The third-order valence-electron chi connectivity index (χ3n) is 7.14. The lowest BCUT2D eigenvalue weighted by molar-refractivity contribution is 0.0692. The second-order valence-corrected chi connectivity index (χ2v) is 10.2. The van der Waals surface area contributed by atoms with Crippen LogP contribution in [0.25, 0.3) is 10.9 Å². The molecule has 2 amide bonds. The molecule has 0 aliphatic carbocycles. The molecule has 196 valence electrons. The van der Waals surface area contributed by atoms with Crippen LogP contribution in [0.4, 0.5) is 0 Å². The smallest absolute Gasteiger partial charge is 0.272 e. The van der Waals surface area contributed by atoms with Gasteiger partial charge in [0, 0.05) is 43.1 Å². The number of fused-ring (bicyclic) bond motifs is 1. The molecule has 5 rings (SSSR count). The molecule has 0 radical (unpaired) electrons. The Morgan fingerprint density at radius 1 is 1.03 bits per heavy atom. The normalized spacial score (nSPS) is 16.6. The van der Waals surface area contributed by atoms with Crippen molar-refractivity contribution in [2.24, 2.45) is 0 Å². The van der Waals surface area contributed by atoms with Gasteiger partial charge in [-0.15, -0.1) is 0 Å². The number of methoxy groups -OCH3 is 1. The van der Waals surface area contributed by atoms with E-state index < -0.39 is 0 Å². The quantitative estimate of drug-likeness (QED) is 0.309. The summed E-state index contributed by atoms with van der Waals surface area (Å²) < 4.78 is 5.54. The van der Waals surface area contributed by atoms with E-state index in [0.717, 1.165) is 10.9 Å². The number of nitriles is 1. The maximum atomic E-state index is 13.8. The first kappa shape index (κ1) is 26.5. The van der Waals surface area contributed by atoms with E-state index in [1.165, 1.54) is 0 Å². The zero-order valence-electron chi connectivity index (χ0n) is 21.3. The van der Waals surface area contributed by atoms with Gasteiger partial charge < -0.3 is 14.5 Å². The number of pyridine rings is 1. The number of hydrogen-bond acceptors (Lipinski definition) is 5. The Morgan fingerprint density at radius 2 is 1.77 bits per heavy atom. The third kappa shape index (κ3) is 5.14. The average molecular weight is 559 g/mol. The molecule has 1 saturated heterocycles. The Labute approximate surface area is 236 Å². The molecule has 2 atom stereocenters. The highest BCUT2D eigenvalue weighted by molar-refractivity contribution is 6.42. The summed E-state index contributed by atoms with van der Waals surface area (Å²) in [7, 11) is 3.28. The van der Waals surface area contributed by atoms with Crippen molar-refractivity contribution >= 4 is 45.9 Å². The Balaban J connectivity index is 1.49. The fourth-order valence-electron chi connectivity index (χ4n) is 5.04. The van der Waals surface area contributed by atoms with Gasteiger partial charge in [-0.2, -0.15) is 5.26 Å². The zero-order chi connectivity index (χ0) is 27.7. The minimum Gasteiger partial charge on any atom is -0.496 e. The van der Waals surface area contributed by atoms with Crippen LogP contribution in [0.3, 0.4) is 0 Å². The number of amides is 2. The summed E-state index contributed by atoms with van der Waals surface area (Å²) in [6.45, 7) is 0.671. The van der Waals surface area contributed by atoms with Gasteiger partial charge in [0.15, 0.2) is 0 Å². The zero-order valence-corrected chi connectivity index (χ0v) is 22.8. The van der Waals surface area contributed by atoms with Crippen molar-refractivity contribution in [1.82, 2.24) is 14.8 Å². The summed E-state index contributed by atoms with van der Waals surface area (Å²) in [5.74, 6) is -0.138. The van der Waals surface area contributed by atoms with E-state index in [1.807, 2.05) is 30.3 Å². The van der Waals surface area contributed by atoms with Crippen LogP contribution in [0, 0.1) is 11.3 Å². The first-order valence-electron chi connectivity index (χ1n) is 12.3. The molecule has 7 nitrogen and oxygen atoms in total. The van der Waals surface area contributed by atoms with Gasteiger partial charge in [-0.05, 0) is 54.1 Å². The highest BCUT2D eigenvalue weighted by atomic mass is 35.5. The fourth-order valence-corrected chi connectivity index (χ4v) is 5.35. The average Bonchev–Trinajstić information content (AvgIpc) is 3.42. The number of aromatic nitrogens is 1. The first-order valence-corrected chi connectivity index (χ1v) is 13.0. The fraction of sp³-hybridized carbons (Fsp3) is 0.200. The second kappa shape index (κ2) is 10.9. The number of nitrogens with zero attached hydrogens (tertiary/aromatic N) is 4. The van der Waals surface area contributed by atoms with Crippen LogP contribution >= 0.6 is 23.2 Å². The number of likely N-dealkylation sites (tertiary alicyclic amines) is 1. The highest BCUT2D eigenvalue weighted by Crippen LogP contribution is 2.35. The molecule has 3 aromatic carbocycles. The molecule has 0 unspecified atom stereocenters. The van der Waals surface area contributed by atoms with Crippen molar-refractivity contribution in [3.05, 3.63) is 105 Å². The number of likely N-dealkylation sites (N-methyl/N-ethyl adjacent to an activating group) is 1. The number of carbonyl (C=O) groups is 2. The third-order valence-corrected chi connectivity index (χ3v) is 7.88. The van der Waals surface area contributed by atoms with Crippen LogP contribution in [0.1, 0.15) is 37.9 Å². The lowest BCUT2D eigenvalue weighted by atomic mass is 9.93. The van der Waals surface area contributed by atoms with Gasteiger partial charge in [0.05, 0.1) is 40.3 Å². The van der Waals surface area contributed by atoms with E-state index in [9.17, 15) is 9.59 Å². The molecule has 0 bridgehead atoms. The van der Waals surface area contributed by atoms with Crippen molar-refractivity contribution in [2.75, 3.05) is 27.2 Å². The van der Waals surface area contributed by atoms with Crippen LogP contribution in [-0.2, 0) is 0 Å². The molecular formula is C30H24Cl2N4O3. The summed E-state index contributed by atoms with van der Waals surface area (Å²) in [5.41, 5.74) is 2.71. The molecule has 2 heterocycles. The van der Waals surface area contributed by atoms with Gasteiger partial charge in [-0.3, -0.25) is 9.59 Å². The van der Waals surface area contributed by atoms with Crippen LogP contribution in [0.2, 0.25) is 10.0 Å². The van der Waals surface area contributed by atoms with Crippen molar-refractivity contribution < 1.29 is 14.3 Å². The lowest BCUT2D eigenvalue weighted by Crippen LogP contribution is -2.42. The van der Waals surface area contributed by atoms with Crippen LogP contribution in [0.15, 0.2) is 72.8 Å². The van der Waals surface area contributed by atoms with E-state index in [2.05, 4.69) is 11.1 Å². The molecular weight excluding hydrogens is 535 g/mol. The largest absolute Gasteiger partial charge is 0.496 e. The topological polar surface area (TPSA) is 86.5 Å². The van der Waals surface area contributed by atoms with E-state index in [1.54, 1.807) is 66.4 Å². The van der Waals surface area contributed by atoms with Crippen molar-refractivity contribution in [2.45, 2.75) is 12.0 Å². The summed E-state index contributed by atoms with van der Waals surface area (Å²) >= 11 is 12.5. The molecule has 9 heteroatoms. The SMILES string of the molecule is COc1cc(C(=O)N(C)[C@@H]2CN(C(=O)c3ccc(C#N)cc3)C[C@H]2c2ccc(Cl)c(Cl)c2)nc2ccccc12. The summed E-state index contributed by atoms with van der Waals surface area (Å²) in [6.07, 6.45) is 0. The molecule has 1 aliphatic rings. The Morgan fingerprint density at radius 3 is 2.46 bits per heavy atom. The Hall–Kier alpha value is -4.12. The summed E-state index contributed by atoms with van der Waals surface area (Å²) in [4.78, 5) is 35.2. The van der Waals surface area contributed by atoms with Gasteiger partial charge in [0.1, 0.15) is 11.4 Å². The Bertz CT molecular complexity index is 1620. The van der Waals surface area contributed by atoms with Crippen LogP contribution < -0.4 is 4.74 Å². The van der Waals surface area contributed by atoms with Crippen molar-refractivity contribution in [3.8, 4) is 11.8 Å². The van der Waals surface area contributed by atoms with E-state index >= 15 is 0 Å². The maximum Gasteiger partial charge on any atom is 0.272 e. The molecule has 1 aromatic heterocycles. The summed E-state index contributed by atoms with van der Waals surface area (Å²) in [5, 5.41) is 10.7. The van der Waals surface area contributed by atoms with E-state index in [0.29, 0.717) is 45.5 Å². The minimum absolute atomic E-state index is 0.182. The van der Waals surface area contributed by atoms with Gasteiger partial charge in [-0.25, -0.2) is 4.98 Å². The minimum atomic E-state index is -0.365. The lowest BCUT2D eigenvalue weighted by Gasteiger charge is -2.29. The van der Waals surface area contributed by atoms with E-state index in [-0.39, 0.29) is 29.5 Å². The predicted molar refractivity (Wildman–Crippen MR) is 150 cm³/mol. The second-order valence-electron chi connectivity index (χ2n) is 9.39. The van der Waals surface area contributed by atoms with Gasteiger partial charge in [-0.1, -0.05) is 41.4 Å². The number of ether oxygens (including phenoxy) is 1. The first-order chi connectivity index (χ1) is 18.8. The molecule has 1 aliphatic heterocycles. The van der Waals surface area contributed by atoms with Crippen LogP contribution in [-0.4, -0.2) is 59.9 Å². The highest BCUT2D eigenvalue weighted by Gasteiger charge is 2.41. The number of para-hydroxylation sites is 1. The molecule has 0 saturated carbocycles. The van der Waals surface area contributed by atoms with Gasteiger partial charge in [0.2, 0.25) is 0 Å². The summed E-state index contributed by atoms with van der Waals surface area (Å²) in [6, 6.07) is 22.7. The molecule has 4 aromatic rings. The number of hydrogen-bond donors (Lipinski definition) is 0. The molecule has 0 spiro atoms. The Kier molecular flexibility index (Phi) is 7.42. The van der Waals surface area contributed by atoms with Crippen molar-refractivity contribution in [1.29, 1.82) is 5.26 Å². The van der Waals surface area contributed by atoms with Gasteiger partial charge >= 0.3 is 0 Å². The molecule has 39 heavy (non-hydrogen) atoms. The monoisotopic (exact) mass is 558 g/mol. The maximum absolute atomic E-state index is 13.8. The van der Waals surface area contributed by atoms with E-state index in [4.69, 9.17) is 33.2 Å². The number of carbonyl (C=O) groups excluding carboxylic acids is 2. The predicted octanol–water partition coefficient (Wildman–Crippen LogP) is 5.80. The molecule has 1 fully saturated rings. The number of rotatable bonds is 5. The van der Waals surface area contributed by atoms with Crippen molar-refractivity contribution in [3.63, 3.8) is 0 Å². The standard InChI is InChI=1S/C30H24Cl2N4O3/c1-35(30(38)26-14-28(39-2)21-5-3-4-6-25(21)34-26)27-17-36(29(37)19-9-7-18(15-33)8-10-19)16-22(27)20-11-12-23(31)24(32)13-20/h3-14,22,27H,16-17H2,1-2H3/t22-,27+/m0/s1. The molecule has 0 N–H and O–H groups in total. The number of benzene rings is 3. The number of halogens is 2. The van der Waals surface area contributed by atoms with Gasteiger partial charge in [0.25, 0.3) is 11.8 Å².